The lowest BCUT2D eigenvalue weighted by atomic mass is 9.89. The molecule has 0 spiro atoms. The second-order valence-electron chi connectivity index (χ2n) is 8.75. The first-order valence-corrected chi connectivity index (χ1v) is 12.0. The highest BCUT2D eigenvalue weighted by Crippen LogP contribution is 2.50. The van der Waals surface area contributed by atoms with E-state index >= 15 is 0 Å². The van der Waals surface area contributed by atoms with Crippen molar-refractivity contribution in [1.82, 2.24) is 4.90 Å². The summed E-state index contributed by atoms with van der Waals surface area (Å²) >= 11 is 2.04. The number of carbonyl (C=O) groups is 1. The summed E-state index contributed by atoms with van der Waals surface area (Å²) in [6.07, 6.45) is 4.13. The van der Waals surface area contributed by atoms with Crippen LogP contribution < -0.4 is 4.90 Å². The van der Waals surface area contributed by atoms with E-state index in [9.17, 15) is 4.79 Å². The van der Waals surface area contributed by atoms with Crippen LogP contribution >= 0.6 is 11.8 Å². The molecule has 0 amide bonds. The predicted octanol–water partition coefficient (Wildman–Crippen LogP) is 5.13. The molecule has 2 aromatic rings. The second-order valence-corrected chi connectivity index (χ2v) is 9.88. The van der Waals surface area contributed by atoms with Gasteiger partial charge in [0.05, 0.1) is 5.69 Å². The largest absolute Gasteiger partial charge is 0.367 e. The van der Waals surface area contributed by atoms with Crippen molar-refractivity contribution in [3.63, 3.8) is 0 Å². The number of Topliss-reactive ketones (excluding diaryl/α,β-unsaturated/α-hetero) is 1. The zero-order valence-electron chi connectivity index (χ0n) is 17.3. The van der Waals surface area contributed by atoms with E-state index in [4.69, 9.17) is 0 Å². The molecule has 0 aliphatic carbocycles. The van der Waals surface area contributed by atoms with Crippen molar-refractivity contribution < 1.29 is 4.79 Å². The molecule has 0 radical (unpaired) electrons. The van der Waals surface area contributed by atoms with Gasteiger partial charge in [0.2, 0.25) is 0 Å². The van der Waals surface area contributed by atoms with Gasteiger partial charge in [-0.1, -0.05) is 42.0 Å². The van der Waals surface area contributed by atoms with Crippen molar-refractivity contribution >= 4 is 23.2 Å². The number of fused-ring (bicyclic) bond motifs is 3. The third-order valence-corrected chi connectivity index (χ3v) is 7.96. The second kappa shape index (κ2) is 8.16. The van der Waals surface area contributed by atoms with Gasteiger partial charge in [-0.15, -0.1) is 11.8 Å². The van der Waals surface area contributed by atoms with Crippen LogP contribution in [0, 0.1) is 6.92 Å². The highest BCUT2D eigenvalue weighted by atomic mass is 32.2. The Kier molecular flexibility index (Phi) is 5.40. The number of hydrogen-bond donors (Lipinski definition) is 0. The molecule has 152 valence electrons. The maximum absolute atomic E-state index is 12.5. The van der Waals surface area contributed by atoms with Crippen LogP contribution in [-0.2, 0) is 0 Å². The van der Waals surface area contributed by atoms with E-state index in [0.717, 1.165) is 31.6 Å². The number of nitrogens with zero attached hydrogens (tertiary/aromatic N) is 2. The first-order chi connectivity index (χ1) is 14.2. The van der Waals surface area contributed by atoms with E-state index in [0.29, 0.717) is 18.4 Å². The van der Waals surface area contributed by atoms with Crippen molar-refractivity contribution in [2.24, 2.45) is 0 Å². The molecule has 29 heavy (non-hydrogen) atoms. The standard InChI is InChI=1S/C25H30N2OS/c1-18-8-10-19(11-9-18)23(28)6-3-13-26-15-12-22-21(17-26)20-5-2-7-24-25(20)27(22)14-4-16-29-24/h2,5,7-11,21-22H,3-4,6,12-17H2,1H3/t21-,22-/m0/s1. The number of thioether (sulfide) groups is 1. The van der Waals surface area contributed by atoms with Gasteiger partial charge < -0.3 is 9.80 Å². The van der Waals surface area contributed by atoms with Gasteiger partial charge in [0.25, 0.3) is 0 Å². The molecule has 4 heteroatoms. The smallest absolute Gasteiger partial charge is 0.162 e. The number of benzene rings is 2. The third-order valence-electron chi connectivity index (χ3n) is 6.83. The molecule has 5 rings (SSSR count). The number of aryl methyl sites for hydroxylation is 1. The molecule has 2 aromatic carbocycles. The quantitative estimate of drug-likeness (QED) is 0.642. The highest BCUT2D eigenvalue weighted by Gasteiger charge is 2.43. The minimum absolute atomic E-state index is 0.279. The first-order valence-electron chi connectivity index (χ1n) is 11.1. The fourth-order valence-corrected chi connectivity index (χ4v) is 6.40. The molecule has 0 saturated carbocycles. The maximum Gasteiger partial charge on any atom is 0.162 e. The third kappa shape index (κ3) is 3.73. The van der Waals surface area contributed by atoms with E-state index in [1.807, 2.05) is 36.0 Å². The van der Waals surface area contributed by atoms with Crippen molar-refractivity contribution in [2.45, 2.75) is 49.5 Å². The number of carbonyl (C=O) groups excluding carboxylic acids is 1. The number of likely N-dealkylation sites (tertiary alicyclic amines) is 1. The van der Waals surface area contributed by atoms with E-state index in [1.165, 1.54) is 35.6 Å². The molecule has 1 fully saturated rings. The molecule has 1 saturated heterocycles. The van der Waals surface area contributed by atoms with Gasteiger partial charge in [0.15, 0.2) is 5.78 Å². The van der Waals surface area contributed by atoms with Gasteiger partial charge in [0, 0.05) is 48.5 Å². The summed E-state index contributed by atoms with van der Waals surface area (Å²) < 4.78 is 0. The number of hydrogen-bond acceptors (Lipinski definition) is 4. The van der Waals surface area contributed by atoms with Crippen LogP contribution in [0.2, 0.25) is 0 Å². The normalized spacial score (nSPS) is 23.4. The fourth-order valence-electron chi connectivity index (χ4n) is 5.36. The molecule has 0 aromatic heterocycles. The average molecular weight is 407 g/mol. The van der Waals surface area contributed by atoms with Crippen LogP contribution in [0.5, 0.6) is 0 Å². The van der Waals surface area contributed by atoms with Crippen LogP contribution in [0.1, 0.15) is 53.1 Å². The van der Waals surface area contributed by atoms with Gasteiger partial charge >= 0.3 is 0 Å². The van der Waals surface area contributed by atoms with Crippen LogP contribution in [-0.4, -0.2) is 48.7 Å². The predicted molar refractivity (Wildman–Crippen MR) is 121 cm³/mol. The summed E-state index contributed by atoms with van der Waals surface area (Å²) in [6.45, 7) is 6.60. The average Bonchev–Trinajstić information content (AvgIpc) is 2.89. The number of rotatable bonds is 5. The van der Waals surface area contributed by atoms with E-state index in [1.54, 1.807) is 11.3 Å². The van der Waals surface area contributed by atoms with Crippen LogP contribution in [0.15, 0.2) is 47.4 Å². The lowest BCUT2D eigenvalue weighted by Gasteiger charge is -2.39. The van der Waals surface area contributed by atoms with Gasteiger partial charge in [0.1, 0.15) is 0 Å². The Labute approximate surface area is 178 Å². The van der Waals surface area contributed by atoms with Crippen molar-refractivity contribution in [2.75, 3.05) is 36.8 Å². The molecular formula is C25H30N2OS. The summed E-state index contributed by atoms with van der Waals surface area (Å²) in [6, 6.07) is 15.6. The highest BCUT2D eigenvalue weighted by molar-refractivity contribution is 7.99. The minimum atomic E-state index is 0.279. The SMILES string of the molecule is Cc1ccc(C(=O)CCCN2CC[C@H]3[C@@H](C2)c2cccc4c2N3CCCS4)cc1. The first kappa shape index (κ1) is 19.2. The zero-order valence-corrected chi connectivity index (χ0v) is 18.1. The topological polar surface area (TPSA) is 23.6 Å². The minimum Gasteiger partial charge on any atom is -0.367 e. The zero-order chi connectivity index (χ0) is 19.8. The van der Waals surface area contributed by atoms with Crippen LogP contribution in [0.25, 0.3) is 0 Å². The molecule has 0 N–H and O–H groups in total. The summed E-state index contributed by atoms with van der Waals surface area (Å²) in [5, 5.41) is 0. The van der Waals surface area contributed by atoms with Gasteiger partial charge in [-0.2, -0.15) is 0 Å². The molecule has 3 aliphatic heterocycles. The Bertz CT molecular complexity index is 894. The lowest BCUT2D eigenvalue weighted by Crippen LogP contribution is -2.46. The van der Waals surface area contributed by atoms with E-state index in [2.05, 4.69) is 34.9 Å². The molecule has 0 bridgehead atoms. The van der Waals surface area contributed by atoms with Crippen molar-refractivity contribution in [3.8, 4) is 0 Å². The summed E-state index contributed by atoms with van der Waals surface area (Å²) in [5.41, 5.74) is 5.18. The number of ketones is 1. The monoisotopic (exact) mass is 406 g/mol. The Morgan fingerprint density at radius 3 is 2.86 bits per heavy atom. The molecule has 3 nitrogen and oxygen atoms in total. The Morgan fingerprint density at radius 2 is 2.00 bits per heavy atom. The number of piperidine rings is 1. The summed E-state index contributed by atoms with van der Waals surface area (Å²) in [7, 11) is 0. The molecule has 0 unspecified atom stereocenters. The molecule has 2 atom stereocenters. The lowest BCUT2D eigenvalue weighted by molar-refractivity contribution is 0.0971. The molecule has 3 aliphatic rings. The van der Waals surface area contributed by atoms with Crippen molar-refractivity contribution in [3.05, 3.63) is 59.2 Å². The van der Waals surface area contributed by atoms with Gasteiger partial charge in [-0.25, -0.2) is 0 Å². The molecular weight excluding hydrogens is 376 g/mol. The van der Waals surface area contributed by atoms with Crippen molar-refractivity contribution in [1.29, 1.82) is 0 Å². The number of anilines is 1. The Morgan fingerprint density at radius 1 is 1.14 bits per heavy atom. The van der Waals surface area contributed by atoms with Crippen LogP contribution in [0.3, 0.4) is 0 Å². The van der Waals surface area contributed by atoms with E-state index < -0.39 is 0 Å². The fraction of sp³-hybridized carbons (Fsp3) is 0.480. The van der Waals surface area contributed by atoms with Gasteiger partial charge in [-0.3, -0.25) is 4.79 Å². The number of para-hydroxylation sites is 1. The Balaban J connectivity index is 1.22. The van der Waals surface area contributed by atoms with Crippen LogP contribution in [0.4, 0.5) is 5.69 Å². The Hall–Kier alpha value is -1.78. The summed E-state index contributed by atoms with van der Waals surface area (Å²) in [4.78, 5) is 19.3. The maximum atomic E-state index is 12.5. The van der Waals surface area contributed by atoms with Gasteiger partial charge in [-0.05, 0) is 50.1 Å². The summed E-state index contributed by atoms with van der Waals surface area (Å²) in [5.74, 6) is 2.15. The molecule has 3 heterocycles. The van der Waals surface area contributed by atoms with E-state index in [-0.39, 0.29) is 5.78 Å².